The van der Waals surface area contributed by atoms with E-state index in [4.69, 9.17) is 17.3 Å². The maximum atomic E-state index is 12.1. The standard InChI is InChI=1S/C17H23ClN6O/c1-12(20-8-9-23(2)3)21-10-15-16(19)24(17(25)22-15)11-13-6-4-5-7-14(13)18/h4-7,10,20H,1,8-9,11,19H2,2-3H3,(H,22,25)/b21-10-. The lowest BCUT2D eigenvalue weighted by molar-refractivity contribution is 0.408. The van der Waals surface area contributed by atoms with Gasteiger partial charge in [0.15, 0.2) is 0 Å². The van der Waals surface area contributed by atoms with Crippen LogP contribution in [0.1, 0.15) is 11.3 Å². The first-order valence-corrected chi connectivity index (χ1v) is 8.19. The third-order valence-electron chi connectivity index (χ3n) is 3.58. The Morgan fingerprint density at radius 3 is 2.88 bits per heavy atom. The van der Waals surface area contributed by atoms with Gasteiger partial charge in [0.25, 0.3) is 0 Å². The van der Waals surface area contributed by atoms with Crippen LogP contribution in [0.15, 0.2) is 46.5 Å². The fraction of sp³-hybridized carbons (Fsp3) is 0.294. The number of imidazole rings is 1. The van der Waals surface area contributed by atoms with Crippen molar-refractivity contribution in [3.63, 3.8) is 0 Å². The molecule has 0 fully saturated rings. The van der Waals surface area contributed by atoms with E-state index in [0.717, 1.165) is 18.7 Å². The van der Waals surface area contributed by atoms with E-state index in [0.29, 0.717) is 22.4 Å². The number of hydrogen-bond acceptors (Lipinski definition) is 5. The van der Waals surface area contributed by atoms with Gasteiger partial charge in [-0.25, -0.2) is 9.79 Å². The third kappa shape index (κ3) is 5.23. The number of benzene rings is 1. The second kappa shape index (κ2) is 8.55. The molecular weight excluding hydrogens is 340 g/mol. The highest BCUT2D eigenvalue weighted by Crippen LogP contribution is 2.17. The van der Waals surface area contributed by atoms with E-state index < -0.39 is 0 Å². The molecule has 0 spiro atoms. The average Bonchev–Trinajstić information content (AvgIpc) is 2.82. The molecule has 4 N–H and O–H groups in total. The minimum atomic E-state index is -0.315. The number of H-pyrrole nitrogens is 1. The van der Waals surface area contributed by atoms with Crippen molar-refractivity contribution >= 4 is 23.6 Å². The summed E-state index contributed by atoms with van der Waals surface area (Å²) >= 11 is 6.14. The summed E-state index contributed by atoms with van der Waals surface area (Å²) in [6, 6.07) is 7.32. The molecule has 1 aromatic heterocycles. The summed E-state index contributed by atoms with van der Waals surface area (Å²) < 4.78 is 1.42. The second-order valence-corrected chi connectivity index (χ2v) is 6.25. The number of nitrogens with zero attached hydrogens (tertiary/aromatic N) is 3. The van der Waals surface area contributed by atoms with Crippen molar-refractivity contribution in [1.82, 2.24) is 19.8 Å². The molecule has 0 radical (unpaired) electrons. The maximum absolute atomic E-state index is 12.1. The highest BCUT2D eigenvalue weighted by atomic mass is 35.5. The zero-order valence-corrected chi connectivity index (χ0v) is 15.2. The molecule has 0 unspecified atom stereocenters. The predicted molar refractivity (Wildman–Crippen MR) is 103 cm³/mol. The Morgan fingerprint density at radius 1 is 1.48 bits per heavy atom. The van der Waals surface area contributed by atoms with Crippen molar-refractivity contribution in [3.05, 3.63) is 63.4 Å². The summed E-state index contributed by atoms with van der Waals surface area (Å²) in [7, 11) is 3.97. The first-order chi connectivity index (χ1) is 11.9. The fourth-order valence-electron chi connectivity index (χ4n) is 2.17. The highest BCUT2D eigenvalue weighted by molar-refractivity contribution is 6.31. The zero-order valence-electron chi connectivity index (χ0n) is 14.4. The normalized spacial score (nSPS) is 11.4. The van der Waals surface area contributed by atoms with Gasteiger partial charge in [-0.2, -0.15) is 0 Å². The quantitative estimate of drug-likeness (QED) is 0.620. The van der Waals surface area contributed by atoms with Crippen LogP contribution in [0.2, 0.25) is 5.02 Å². The summed E-state index contributed by atoms with van der Waals surface area (Å²) in [5.41, 5.74) is 7.01. The molecule has 0 saturated heterocycles. The van der Waals surface area contributed by atoms with Crippen molar-refractivity contribution in [2.45, 2.75) is 6.54 Å². The van der Waals surface area contributed by atoms with Crippen LogP contribution in [0.3, 0.4) is 0 Å². The molecule has 0 aliphatic heterocycles. The molecule has 1 aromatic carbocycles. The van der Waals surface area contributed by atoms with Gasteiger partial charge >= 0.3 is 5.69 Å². The number of aromatic nitrogens is 2. The van der Waals surface area contributed by atoms with E-state index in [1.165, 1.54) is 10.8 Å². The second-order valence-electron chi connectivity index (χ2n) is 5.84. The number of nitrogen functional groups attached to an aromatic ring is 1. The molecule has 0 amide bonds. The van der Waals surface area contributed by atoms with Crippen molar-refractivity contribution < 1.29 is 0 Å². The lowest BCUT2D eigenvalue weighted by Gasteiger charge is -2.10. The Balaban J connectivity index is 2.09. The van der Waals surface area contributed by atoms with Crippen molar-refractivity contribution in [2.24, 2.45) is 4.99 Å². The number of nitrogens with one attached hydrogen (secondary N) is 2. The van der Waals surface area contributed by atoms with Gasteiger partial charge in [-0.3, -0.25) is 4.57 Å². The zero-order chi connectivity index (χ0) is 18.4. The number of aromatic amines is 1. The monoisotopic (exact) mass is 362 g/mol. The summed E-state index contributed by atoms with van der Waals surface area (Å²) in [5.74, 6) is 0.802. The lowest BCUT2D eigenvalue weighted by atomic mass is 10.2. The van der Waals surface area contributed by atoms with Gasteiger partial charge in [-0.15, -0.1) is 0 Å². The molecule has 0 aliphatic rings. The molecule has 0 saturated carbocycles. The number of hydrogen-bond donors (Lipinski definition) is 3. The van der Waals surface area contributed by atoms with Crippen molar-refractivity contribution in [3.8, 4) is 0 Å². The van der Waals surface area contributed by atoms with Crippen molar-refractivity contribution in [2.75, 3.05) is 32.9 Å². The summed E-state index contributed by atoms with van der Waals surface area (Å²) in [6.45, 7) is 5.70. The first-order valence-electron chi connectivity index (χ1n) is 7.81. The van der Waals surface area contributed by atoms with Gasteiger partial charge in [0.05, 0.1) is 12.8 Å². The number of nitrogens with two attached hydrogens (primary N) is 1. The molecule has 134 valence electrons. The van der Waals surface area contributed by atoms with E-state index in [2.05, 4.69) is 21.9 Å². The number of likely N-dealkylation sites (N-methyl/N-ethyl adjacent to an activating group) is 1. The Morgan fingerprint density at radius 2 is 2.20 bits per heavy atom. The first kappa shape index (κ1) is 18.8. The number of rotatable bonds is 8. The Bertz CT molecular complexity index is 821. The van der Waals surface area contributed by atoms with Gasteiger partial charge in [0.2, 0.25) is 0 Å². The molecule has 0 bridgehead atoms. The van der Waals surface area contributed by atoms with Crippen LogP contribution < -0.4 is 16.7 Å². The van der Waals surface area contributed by atoms with Gasteiger partial charge < -0.3 is 20.9 Å². The van der Waals surface area contributed by atoms with Crippen LogP contribution in [-0.2, 0) is 6.54 Å². The van der Waals surface area contributed by atoms with E-state index in [1.54, 1.807) is 6.07 Å². The van der Waals surface area contributed by atoms with Crippen LogP contribution in [-0.4, -0.2) is 47.9 Å². The minimum absolute atomic E-state index is 0.288. The van der Waals surface area contributed by atoms with Crippen molar-refractivity contribution in [1.29, 1.82) is 0 Å². The molecule has 7 nitrogen and oxygen atoms in total. The van der Waals surface area contributed by atoms with Crippen LogP contribution in [0.4, 0.5) is 5.82 Å². The molecule has 2 aromatic rings. The fourth-order valence-corrected chi connectivity index (χ4v) is 2.36. The van der Waals surface area contributed by atoms with E-state index in [-0.39, 0.29) is 12.2 Å². The van der Waals surface area contributed by atoms with Crippen LogP contribution >= 0.6 is 11.6 Å². The van der Waals surface area contributed by atoms with Gasteiger partial charge in [-0.1, -0.05) is 36.4 Å². The lowest BCUT2D eigenvalue weighted by Crippen LogP contribution is -2.25. The molecule has 0 aliphatic carbocycles. The van der Waals surface area contributed by atoms with Crippen LogP contribution in [0, 0.1) is 0 Å². The summed E-state index contributed by atoms with van der Waals surface area (Å²) in [6.07, 6.45) is 1.49. The molecule has 0 atom stereocenters. The maximum Gasteiger partial charge on any atom is 0.327 e. The number of aliphatic imine (C=N–C) groups is 1. The van der Waals surface area contributed by atoms with Gasteiger partial charge in [0, 0.05) is 18.1 Å². The highest BCUT2D eigenvalue weighted by Gasteiger charge is 2.11. The largest absolute Gasteiger partial charge is 0.383 e. The number of anilines is 1. The summed E-state index contributed by atoms with van der Waals surface area (Å²) in [5, 5.41) is 3.67. The molecule has 8 heteroatoms. The Hall–Kier alpha value is -2.51. The molecule has 25 heavy (non-hydrogen) atoms. The summed E-state index contributed by atoms with van der Waals surface area (Å²) in [4.78, 5) is 21.1. The van der Waals surface area contributed by atoms with Crippen LogP contribution in [0.5, 0.6) is 0 Å². The third-order valence-corrected chi connectivity index (χ3v) is 3.95. The average molecular weight is 363 g/mol. The Kier molecular flexibility index (Phi) is 6.44. The van der Waals surface area contributed by atoms with Gasteiger partial charge in [-0.05, 0) is 25.7 Å². The smallest absolute Gasteiger partial charge is 0.327 e. The minimum Gasteiger partial charge on any atom is -0.383 e. The molecule has 2 rings (SSSR count). The SMILES string of the molecule is C=C(/N=C\c1[nH]c(=O)n(Cc2ccccc2Cl)c1N)NCCN(C)C. The van der Waals surface area contributed by atoms with E-state index in [1.807, 2.05) is 37.2 Å². The van der Waals surface area contributed by atoms with E-state index >= 15 is 0 Å². The van der Waals surface area contributed by atoms with E-state index in [9.17, 15) is 4.79 Å². The number of halogens is 1. The van der Waals surface area contributed by atoms with Gasteiger partial charge in [0.1, 0.15) is 17.3 Å². The topological polar surface area (TPSA) is 91.4 Å². The van der Waals surface area contributed by atoms with Crippen LogP contribution in [0.25, 0.3) is 0 Å². The predicted octanol–water partition coefficient (Wildman–Crippen LogP) is 1.50. The molecular formula is C17H23ClN6O. The molecule has 1 heterocycles. The Labute approximate surface area is 151 Å².